The van der Waals surface area contributed by atoms with Gasteiger partial charge in [-0.2, -0.15) is 0 Å². The molecule has 1 aromatic heterocycles. The highest BCUT2D eigenvalue weighted by atomic mass is 19.1. The SMILES string of the molecule is CC(C1CCCCC1)n1nnnc1-c1ccc(F)cc1N. The van der Waals surface area contributed by atoms with Gasteiger partial charge >= 0.3 is 0 Å². The summed E-state index contributed by atoms with van der Waals surface area (Å²) in [5.41, 5.74) is 6.96. The summed E-state index contributed by atoms with van der Waals surface area (Å²) in [5.74, 6) is 0.851. The molecule has 1 heterocycles. The lowest BCUT2D eigenvalue weighted by Crippen LogP contribution is -2.21. The van der Waals surface area contributed by atoms with Crippen LogP contribution in [0.1, 0.15) is 45.1 Å². The largest absolute Gasteiger partial charge is 0.398 e. The van der Waals surface area contributed by atoms with Gasteiger partial charge in [-0.05, 0) is 54.3 Å². The van der Waals surface area contributed by atoms with Crippen LogP contribution in [0.3, 0.4) is 0 Å². The molecule has 0 amide bonds. The maximum absolute atomic E-state index is 13.2. The number of tetrazole rings is 1. The second-order valence-electron chi connectivity index (χ2n) is 5.82. The van der Waals surface area contributed by atoms with E-state index < -0.39 is 0 Å². The summed E-state index contributed by atoms with van der Waals surface area (Å²) in [4.78, 5) is 0. The second-order valence-corrected chi connectivity index (χ2v) is 5.82. The van der Waals surface area contributed by atoms with Crippen LogP contribution in [-0.2, 0) is 0 Å². The molecule has 6 heteroatoms. The maximum Gasteiger partial charge on any atom is 0.184 e. The van der Waals surface area contributed by atoms with E-state index in [0.29, 0.717) is 23.0 Å². The van der Waals surface area contributed by atoms with E-state index in [1.54, 1.807) is 6.07 Å². The molecule has 5 nitrogen and oxygen atoms in total. The lowest BCUT2D eigenvalue weighted by atomic mass is 9.84. The Hall–Kier alpha value is -1.98. The van der Waals surface area contributed by atoms with Gasteiger partial charge in [0.15, 0.2) is 5.82 Å². The summed E-state index contributed by atoms with van der Waals surface area (Å²) in [6.45, 7) is 2.15. The number of aromatic nitrogens is 4. The van der Waals surface area contributed by atoms with Crippen molar-refractivity contribution in [3.63, 3.8) is 0 Å². The van der Waals surface area contributed by atoms with Crippen molar-refractivity contribution in [2.75, 3.05) is 5.73 Å². The maximum atomic E-state index is 13.2. The molecule has 1 aliphatic carbocycles. The lowest BCUT2D eigenvalue weighted by Gasteiger charge is -2.28. The number of nitrogen functional groups attached to an aromatic ring is 1. The minimum absolute atomic E-state index is 0.222. The Bertz CT molecular complexity index is 618. The van der Waals surface area contributed by atoms with Gasteiger partial charge in [0, 0.05) is 11.3 Å². The van der Waals surface area contributed by atoms with E-state index in [1.165, 1.54) is 44.2 Å². The fourth-order valence-electron chi connectivity index (χ4n) is 3.20. The standard InChI is InChI=1S/C15H20FN5/c1-10(11-5-3-2-4-6-11)21-15(18-19-20-21)13-8-7-12(16)9-14(13)17/h7-11H,2-6,17H2,1H3. The minimum Gasteiger partial charge on any atom is -0.398 e. The summed E-state index contributed by atoms with van der Waals surface area (Å²) >= 11 is 0. The van der Waals surface area contributed by atoms with Crippen molar-refractivity contribution in [3.05, 3.63) is 24.0 Å². The van der Waals surface area contributed by atoms with Crippen LogP contribution in [0.5, 0.6) is 0 Å². The van der Waals surface area contributed by atoms with Crippen LogP contribution in [0.15, 0.2) is 18.2 Å². The second kappa shape index (κ2) is 5.79. The van der Waals surface area contributed by atoms with Gasteiger partial charge in [-0.25, -0.2) is 9.07 Å². The van der Waals surface area contributed by atoms with Crippen LogP contribution < -0.4 is 5.73 Å². The summed E-state index contributed by atoms with van der Waals surface area (Å²) in [6, 6.07) is 4.55. The lowest BCUT2D eigenvalue weighted by molar-refractivity contribution is 0.249. The number of nitrogens with two attached hydrogens (primary N) is 1. The van der Waals surface area contributed by atoms with E-state index in [4.69, 9.17) is 5.73 Å². The third kappa shape index (κ3) is 2.75. The zero-order valence-electron chi connectivity index (χ0n) is 12.2. The first-order chi connectivity index (χ1) is 10.2. The Kier molecular flexibility index (Phi) is 3.86. The average Bonchev–Trinajstić information content (AvgIpc) is 2.96. The predicted molar refractivity (Wildman–Crippen MR) is 78.9 cm³/mol. The van der Waals surface area contributed by atoms with Crippen molar-refractivity contribution in [3.8, 4) is 11.4 Å². The number of hydrogen-bond acceptors (Lipinski definition) is 4. The molecule has 21 heavy (non-hydrogen) atoms. The summed E-state index contributed by atoms with van der Waals surface area (Å²) in [6.07, 6.45) is 6.27. The molecule has 1 atom stereocenters. The molecule has 0 aliphatic heterocycles. The van der Waals surface area contributed by atoms with Crippen molar-refractivity contribution in [2.24, 2.45) is 5.92 Å². The third-order valence-corrected chi connectivity index (χ3v) is 4.47. The smallest absolute Gasteiger partial charge is 0.184 e. The van der Waals surface area contributed by atoms with Gasteiger partial charge in [-0.3, -0.25) is 0 Å². The molecule has 1 saturated carbocycles. The molecule has 1 unspecified atom stereocenters. The molecule has 2 N–H and O–H groups in total. The molecule has 2 aromatic rings. The van der Waals surface area contributed by atoms with Crippen LogP contribution in [-0.4, -0.2) is 20.2 Å². The van der Waals surface area contributed by atoms with E-state index in [9.17, 15) is 4.39 Å². The first kappa shape index (κ1) is 14.0. The van der Waals surface area contributed by atoms with Gasteiger partial charge in [-0.15, -0.1) is 5.10 Å². The first-order valence-electron chi connectivity index (χ1n) is 7.50. The quantitative estimate of drug-likeness (QED) is 0.881. The van der Waals surface area contributed by atoms with Crippen LogP contribution in [0.2, 0.25) is 0 Å². The molecule has 0 radical (unpaired) electrons. The van der Waals surface area contributed by atoms with Gasteiger partial charge in [0.25, 0.3) is 0 Å². The summed E-state index contributed by atoms with van der Waals surface area (Å²) < 4.78 is 15.0. The van der Waals surface area contributed by atoms with Crippen molar-refractivity contribution >= 4 is 5.69 Å². The molecule has 0 bridgehead atoms. The number of anilines is 1. The van der Waals surface area contributed by atoms with Gasteiger partial charge in [0.05, 0.1) is 6.04 Å². The van der Waals surface area contributed by atoms with E-state index in [2.05, 4.69) is 22.4 Å². The molecule has 1 aromatic carbocycles. The number of nitrogens with zero attached hydrogens (tertiary/aromatic N) is 4. The monoisotopic (exact) mass is 289 g/mol. The molecule has 3 rings (SSSR count). The Morgan fingerprint density at radius 2 is 2.05 bits per heavy atom. The van der Waals surface area contributed by atoms with E-state index in [-0.39, 0.29) is 11.9 Å². The van der Waals surface area contributed by atoms with Crippen LogP contribution in [0.4, 0.5) is 10.1 Å². The molecule has 0 saturated heterocycles. The molecule has 1 fully saturated rings. The highest BCUT2D eigenvalue weighted by Gasteiger charge is 2.25. The summed E-state index contributed by atoms with van der Waals surface area (Å²) in [7, 11) is 0. The normalized spacial score (nSPS) is 17.8. The summed E-state index contributed by atoms with van der Waals surface area (Å²) in [5, 5.41) is 12.0. The zero-order chi connectivity index (χ0) is 14.8. The average molecular weight is 289 g/mol. The molecule has 0 spiro atoms. The Morgan fingerprint density at radius 3 is 2.76 bits per heavy atom. The third-order valence-electron chi connectivity index (χ3n) is 4.47. The van der Waals surface area contributed by atoms with Crippen LogP contribution in [0, 0.1) is 11.7 Å². The van der Waals surface area contributed by atoms with Crippen molar-refractivity contribution in [1.29, 1.82) is 0 Å². The highest BCUT2D eigenvalue weighted by molar-refractivity contribution is 5.71. The van der Waals surface area contributed by atoms with Crippen molar-refractivity contribution in [1.82, 2.24) is 20.2 Å². The first-order valence-corrected chi connectivity index (χ1v) is 7.50. The van der Waals surface area contributed by atoms with Crippen LogP contribution in [0.25, 0.3) is 11.4 Å². The fraction of sp³-hybridized carbons (Fsp3) is 0.533. The van der Waals surface area contributed by atoms with Gasteiger partial charge < -0.3 is 5.73 Å². The van der Waals surface area contributed by atoms with Gasteiger partial charge in [0.1, 0.15) is 5.82 Å². The van der Waals surface area contributed by atoms with Crippen molar-refractivity contribution < 1.29 is 4.39 Å². The highest BCUT2D eigenvalue weighted by Crippen LogP contribution is 2.34. The van der Waals surface area contributed by atoms with Crippen molar-refractivity contribution in [2.45, 2.75) is 45.1 Å². The fourth-order valence-corrected chi connectivity index (χ4v) is 3.20. The topological polar surface area (TPSA) is 69.6 Å². The number of hydrogen-bond donors (Lipinski definition) is 1. The van der Waals surface area contributed by atoms with E-state index in [0.717, 1.165) is 0 Å². The minimum atomic E-state index is -0.351. The Labute approximate surface area is 123 Å². The molecule has 1 aliphatic rings. The van der Waals surface area contributed by atoms with Crippen LogP contribution >= 0.6 is 0 Å². The number of rotatable bonds is 3. The predicted octanol–water partition coefficient (Wildman–Crippen LogP) is 3.20. The number of benzene rings is 1. The van der Waals surface area contributed by atoms with E-state index in [1.807, 2.05) is 4.68 Å². The number of halogens is 1. The molecular weight excluding hydrogens is 269 g/mol. The van der Waals surface area contributed by atoms with E-state index >= 15 is 0 Å². The Morgan fingerprint density at radius 1 is 1.29 bits per heavy atom. The molecule has 112 valence electrons. The Balaban J connectivity index is 1.93. The molecular formula is C15H20FN5. The zero-order valence-corrected chi connectivity index (χ0v) is 12.2. The van der Waals surface area contributed by atoms with Gasteiger partial charge in [0.2, 0.25) is 0 Å². The van der Waals surface area contributed by atoms with Gasteiger partial charge in [-0.1, -0.05) is 19.3 Å².